The lowest BCUT2D eigenvalue weighted by atomic mass is 10.0. The first-order valence-corrected chi connectivity index (χ1v) is 9.72. The Labute approximate surface area is 158 Å². The maximum absolute atomic E-state index is 12.2. The van der Waals surface area contributed by atoms with E-state index in [2.05, 4.69) is 20.3 Å². The molecule has 0 spiro atoms. The molecule has 1 aliphatic carbocycles. The topological polar surface area (TPSA) is 105 Å². The summed E-state index contributed by atoms with van der Waals surface area (Å²) in [5.74, 6) is 0.527. The van der Waals surface area contributed by atoms with Gasteiger partial charge in [-0.1, -0.05) is 23.5 Å². The summed E-state index contributed by atoms with van der Waals surface area (Å²) in [4.78, 5) is 48.3. The van der Waals surface area contributed by atoms with Crippen molar-refractivity contribution in [3.05, 3.63) is 51.0 Å². The molecule has 8 heteroatoms. The molecule has 0 bridgehead atoms. The van der Waals surface area contributed by atoms with Crippen LogP contribution in [0.15, 0.2) is 29.1 Å². The van der Waals surface area contributed by atoms with E-state index in [1.165, 1.54) is 11.3 Å². The fourth-order valence-corrected chi connectivity index (χ4v) is 4.17. The lowest BCUT2D eigenvalue weighted by molar-refractivity contribution is -0.116. The van der Waals surface area contributed by atoms with Crippen LogP contribution >= 0.6 is 11.3 Å². The zero-order valence-corrected chi connectivity index (χ0v) is 15.4. The second-order valence-corrected chi connectivity index (χ2v) is 7.50. The van der Waals surface area contributed by atoms with Crippen LogP contribution in [0.25, 0.3) is 10.9 Å². The van der Waals surface area contributed by atoms with Crippen molar-refractivity contribution >= 4 is 39.1 Å². The number of hydrogen-bond donors (Lipinski definition) is 2. The van der Waals surface area contributed by atoms with Crippen molar-refractivity contribution in [3.8, 4) is 0 Å². The van der Waals surface area contributed by atoms with Crippen molar-refractivity contribution in [1.29, 1.82) is 0 Å². The summed E-state index contributed by atoms with van der Waals surface area (Å²) in [6.07, 6.45) is 3.50. The molecule has 1 aromatic carbocycles. The van der Waals surface area contributed by atoms with Gasteiger partial charge in [0.05, 0.1) is 21.5 Å². The number of hydrogen-bond acceptors (Lipinski definition) is 6. The molecule has 138 valence electrons. The molecule has 2 aromatic heterocycles. The van der Waals surface area contributed by atoms with Crippen LogP contribution < -0.4 is 10.9 Å². The molecule has 2 N–H and O–H groups in total. The summed E-state index contributed by atoms with van der Waals surface area (Å²) in [5.41, 5.74) is 1.28. The molecule has 0 saturated heterocycles. The fraction of sp³-hybridized carbons (Fsp3) is 0.316. The molecule has 0 atom stereocenters. The number of aromatic amines is 1. The number of Topliss-reactive ketones (excluding diaryl/α,β-unsaturated/α-hetero) is 1. The Morgan fingerprint density at radius 2 is 2.04 bits per heavy atom. The highest BCUT2D eigenvalue weighted by molar-refractivity contribution is 7.17. The number of amides is 1. The van der Waals surface area contributed by atoms with Crippen LogP contribution in [0.5, 0.6) is 0 Å². The third-order valence-electron chi connectivity index (χ3n) is 4.49. The largest absolute Gasteiger partial charge is 0.310 e. The van der Waals surface area contributed by atoms with Crippen molar-refractivity contribution in [2.45, 2.75) is 38.5 Å². The molecule has 0 fully saturated rings. The number of anilines is 1. The average Bonchev–Trinajstić information content (AvgIpc) is 3.05. The molecule has 27 heavy (non-hydrogen) atoms. The van der Waals surface area contributed by atoms with Gasteiger partial charge in [-0.3, -0.25) is 14.4 Å². The molecule has 0 aliphatic heterocycles. The first kappa shape index (κ1) is 17.5. The van der Waals surface area contributed by atoms with Crippen LogP contribution in [-0.2, 0) is 17.6 Å². The van der Waals surface area contributed by atoms with Gasteiger partial charge in [0, 0.05) is 19.3 Å². The molecule has 1 aliphatic rings. The third kappa shape index (κ3) is 3.80. The number of aromatic nitrogens is 3. The molecule has 3 aromatic rings. The van der Waals surface area contributed by atoms with Gasteiger partial charge < -0.3 is 10.3 Å². The van der Waals surface area contributed by atoms with E-state index >= 15 is 0 Å². The van der Waals surface area contributed by atoms with Crippen molar-refractivity contribution in [2.75, 3.05) is 5.32 Å². The number of nitrogens with one attached hydrogen (secondary N) is 2. The van der Waals surface area contributed by atoms with E-state index in [0.29, 0.717) is 46.0 Å². The number of rotatable bonds is 5. The first-order chi connectivity index (χ1) is 13.1. The zero-order chi connectivity index (χ0) is 18.8. The molecular weight excluding hydrogens is 364 g/mol. The van der Waals surface area contributed by atoms with Gasteiger partial charge >= 0.3 is 0 Å². The minimum absolute atomic E-state index is 0.112. The second-order valence-electron chi connectivity index (χ2n) is 6.50. The minimum Gasteiger partial charge on any atom is -0.310 e. The number of carbonyl (C=O) groups excluding carboxylic acids is 2. The third-order valence-corrected chi connectivity index (χ3v) is 5.55. The highest BCUT2D eigenvalue weighted by Crippen LogP contribution is 2.29. The van der Waals surface area contributed by atoms with Crippen LogP contribution in [0, 0.1) is 0 Å². The molecule has 0 unspecified atom stereocenters. The monoisotopic (exact) mass is 382 g/mol. The highest BCUT2D eigenvalue weighted by Gasteiger charge is 2.22. The quantitative estimate of drug-likeness (QED) is 0.706. The molecule has 0 radical (unpaired) electrons. The normalized spacial score (nSPS) is 13.6. The summed E-state index contributed by atoms with van der Waals surface area (Å²) >= 11 is 1.25. The Morgan fingerprint density at radius 3 is 2.89 bits per heavy atom. The van der Waals surface area contributed by atoms with Gasteiger partial charge in [0.25, 0.3) is 5.56 Å². The molecule has 2 heterocycles. The Hall–Kier alpha value is -2.87. The fourth-order valence-electron chi connectivity index (χ4n) is 3.17. The van der Waals surface area contributed by atoms with Crippen LogP contribution in [0.1, 0.15) is 46.9 Å². The number of fused-ring (bicyclic) bond motifs is 2. The van der Waals surface area contributed by atoms with E-state index < -0.39 is 0 Å². The number of benzene rings is 1. The molecule has 4 rings (SSSR count). The summed E-state index contributed by atoms with van der Waals surface area (Å²) in [6, 6.07) is 7.17. The molecule has 0 saturated carbocycles. The van der Waals surface area contributed by atoms with Gasteiger partial charge in [0.1, 0.15) is 5.82 Å². The predicted molar refractivity (Wildman–Crippen MR) is 103 cm³/mol. The van der Waals surface area contributed by atoms with E-state index in [9.17, 15) is 14.4 Å². The Bertz CT molecular complexity index is 1090. The van der Waals surface area contributed by atoms with Crippen molar-refractivity contribution in [1.82, 2.24) is 15.0 Å². The molecule has 7 nitrogen and oxygen atoms in total. The number of nitrogens with zero attached hydrogens (tertiary/aromatic N) is 2. The second kappa shape index (κ2) is 7.40. The van der Waals surface area contributed by atoms with Gasteiger partial charge in [-0.05, 0) is 31.4 Å². The van der Waals surface area contributed by atoms with Crippen LogP contribution in [0.4, 0.5) is 5.13 Å². The Kier molecular flexibility index (Phi) is 4.81. The smallest absolute Gasteiger partial charge is 0.258 e. The van der Waals surface area contributed by atoms with Crippen molar-refractivity contribution in [2.24, 2.45) is 0 Å². The van der Waals surface area contributed by atoms with Crippen LogP contribution in [0.2, 0.25) is 0 Å². The maximum atomic E-state index is 12.2. The minimum atomic E-state index is -0.168. The standard InChI is InChI=1S/C19H18N4O3S/c24-14-8-3-7-13-17(14)27-19(21-13)23-16(25)10-4-9-15-20-12-6-2-1-5-11(12)18(26)22-15/h1-2,5-6H,3-4,7-10H2,(H,20,22,26)(H,21,23,25). The maximum Gasteiger partial charge on any atom is 0.258 e. The van der Waals surface area contributed by atoms with E-state index in [0.717, 1.165) is 18.5 Å². The number of thiazole rings is 1. The lowest BCUT2D eigenvalue weighted by Gasteiger charge is -2.05. The van der Waals surface area contributed by atoms with E-state index in [1.54, 1.807) is 18.2 Å². The highest BCUT2D eigenvalue weighted by atomic mass is 32.1. The average molecular weight is 382 g/mol. The number of aryl methyl sites for hydroxylation is 2. The number of H-pyrrole nitrogens is 1. The Balaban J connectivity index is 1.35. The number of carbonyl (C=O) groups is 2. The molecular formula is C19H18N4O3S. The summed E-state index contributed by atoms with van der Waals surface area (Å²) in [7, 11) is 0. The SMILES string of the molecule is O=C(CCCc1nc2ccccc2c(=O)[nH]1)Nc1nc2c(s1)C(=O)CCC2. The van der Waals surface area contributed by atoms with Gasteiger partial charge in [0.2, 0.25) is 5.91 Å². The first-order valence-electron chi connectivity index (χ1n) is 8.91. The van der Waals surface area contributed by atoms with Crippen LogP contribution in [0.3, 0.4) is 0 Å². The lowest BCUT2D eigenvalue weighted by Crippen LogP contribution is -2.14. The van der Waals surface area contributed by atoms with Crippen molar-refractivity contribution < 1.29 is 9.59 Å². The summed E-state index contributed by atoms with van der Waals surface area (Å²) in [5, 5.41) is 3.81. The van der Waals surface area contributed by atoms with Gasteiger partial charge in [-0.2, -0.15) is 0 Å². The number of ketones is 1. The van der Waals surface area contributed by atoms with Crippen LogP contribution in [-0.4, -0.2) is 26.6 Å². The van der Waals surface area contributed by atoms with Gasteiger partial charge in [-0.25, -0.2) is 9.97 Å². The summed E-state index contributed by atoms with van der Waals surface area (Å²) < 4.78 is 0. The van der Waals surface area contributed by atoms with Gasteiger partial charge in [-0.15, -0.1) is 0 Å². The Morgan fingerprint density at radius 1 is 1.19 bits per heavy atom. The van der Waals surface area contributed by atoms with E-state index in [4.69, 9.17) is 0 Å². The van der Waals surface area contributed by atoms with E-state index in [1.807, 2.05) is 6.07 Å². The van der Waals surface area contributed by atoms with Crippen molar-refractivity contribution in [3.63, 3.8) is 0 Å². The van der Waals surface area contributed by atoms with E-state index in [-0.39, 0.29) is 23.7 Å². The zero-order valence-electron chi connectivity index (χ0n) is 14.6. The molecule has 1 amide bonds. The predicted octanol–water partition coefficient (Wildman–Crippen LogP) is 2.86. The number of para-hydroxylation sites is 1. The summed E-state index contributed by atoms with van der Waals surface area (Å²) in [6.45, 7) is 0. The van der Waals surface area contributed by atoms with Gasteiger partial charge in [0.15, 0.2) is 10.9 Å².